The summed E-state index contributed by atoms with van der Waals surface area (Å²) in [6, 6.07) is 3.08. The molecule has 0 heterocycles. The SMILES string of the molecule is O=C(OC(CS(=O)(=O)[O-])(C(F)(F)F)C(F)(F)F)c1cccc(O)c1. The summed E-state index contributed by atoms with van der Waals surface area (Å²) in [6.07, 6.45) is -12.9. The predicted octanol–water partition coefficient (Wildman–Crippen LogP) is 1.96. The van der Waals surface area contributed by atoms with Gasteiger partial charge in [0, 0.05) is 0 Å². The molecule has 24 heavy (non-hydrogen) atoms. The first-order valence-corrected chi connectivity index (χ1v) is 7.26. The Balaban J connectivity index is 3.45. The maximum Gasteiger partial charge on any atom is 0.438 e. The van der Waals surface area contributed by atoms with Crippen molar-refractivity contribution in [2.45, 2.75) is 18.0 Å². The van der Waals surface area contributed by atoms with Gasteiger partial charge in [0.1, 0.15) is 5.75 Å². The van der Waals surface area contributed by atoms with E-state index >= 15 is 0 Å². The van der Waals surface area contributed by atoms with E-state index in [4.69, 9.17) is 5.11 Å². The fraction of sp³-hybridized carbons (Fsp3) is 0.364. The van der Waals surface area contributed by atoms with Gasteiger partial charge in [-0.2, -0.15) is 26.3 Å². The molecule has 0 amide bonds. The third kappa shape index (κ3) is 4.29. The minimum absolute atomic E-state index is 0.492. The van der Waals surface area contributed by atoms with Gasteiger partial charge < -0.3 is 14.4 Å². The number of ether oxygens (including phenoxy) is 1. The zero-order valence-corrected chi connectivity index (χ0v) is 12.0. The number of benzene rings is 1. The van der Waals surface area contributed by atoms with Crippen molar-refractivity contribution in [1.29, 1.82) is 0 Å². The summed E-state index contributed by atoms with van der Waals surface area (Å²) in [4.78, 5) is 11.6. The lowest BCUT2D eigenvalue weighted by Crippen LogP contribution is -2.63. The van der Waals surface area contributed by atoms with Gasteiger partial charge in [-0.05, 0) is 18.2 Å². The van der Waals surface area contributed by atoms with Crippen molar-refractivity contribution in [3.8, 4) is 5.75 Å². The van der Waals surface area contributed by atoms with Gasteiger partial charge in [0.25, 0.3) is 0 Å². The molecule has 0 atom stereocenters. The van der Waals surface area contributed by atoms with Gasteiger partial charge in [0.05, 0.1) is 21.4 Å². The molecule has 0 aromatic heterocycles. The van der Waals surface area contributed by atoms with Gasteiger partial charge in [0.2, 0.25) is 0 Å². The summed E-state index contributed by atoms with van der Waals surface area (Å²) < 4.78 is 112. The van der Waals surface area contributed by atoms with Crippen LogP contribution in [0, 0.1) is 0 Å². The molecule has 6 nitrogen and oxygen atoms in total. The molecule has 0 aliphatic heterocycles. The number of rotatable bonds is 4. The molecule has 0 aliphatic carbocycles. The number of alkyl halides is 6. The van der Waals surface area contributed by atoms with Crippen LogP contribution >= 0.6 is 0 Å². The minimum Gasteiger partial charge on any atom is -0.748 e. The van der Waals surface area contributed by atoms with Crippen LogP contribution < -0.4 is 0 Å². The van der Waals surface area contributed by atoms with Crippen molar-refractivity contribution in [3.05, 3.63) is 29.8 Å². The first-order chi connectivity index (χ1) is 10.6. The molecule has 1 aromatic rings. The molecule has 0 saturated heterocycles. The van der Waals surface area contributed by atoms with Crippen molar-refractivity contribution in [3.63, 3.8) is 0 Å². The maximum absolute atomic E-state index is 12.9. The van der Waals surface area contributed by atoms with Gasteiger partial charge in [-0.25, -0.2) is 13.2 Å². The van der Waals surface area contributed by atoms with Crippen LogP contribution in [-0.4, -0.2) is 47.8 Å². The van der Waals surface area contributed by atoms with Crippen LogP contribution in [0.2, 0.25) is 0 Å². The highest BCUT2D eigenvalue weighted by Gasteiger charge is 2.75. The predicted molar refractivity (Wildman–Crippen MR) is 62.9 cm³/mol. The molecule has 0 saturated carbocycles. The topological polar surface area (TPSA) is 104 Å². The number of phenolic OH excluding ortho intramolecular Hbond substituents is 1. The lowest BCUT2D eigenvalue weighted by atomic mass is 10.1. The van der Waals surface area contributed by atoms with Crippen LogP contribution in [0.5, 0.6) is 5.75 Å². The Labute approximate surface area is 130 Å². The van der Waals surface area contributed by atoms with E-state index < -0.39 is 51.1 Å². The Hall–Kier alpha value is -2.02. The Morgan fingerprint density at radius 1 is 1.12 bits per heavy atom. The van der Waals surface area contributed by atoms with Crippen LogP contribution in [0.1, 0.15) is 10.4 Å². The largest absolute Gasteiger partial charge is 0.748 e. The number of hydrogen-bond acceptors (Lipinski definition) is 6. The van der Waals surface area contributed by atoms with E-state index in [2.05, 4.69) is 4.74 Å². The molecule has 136 valence electrons. The zero-order valence-electron chi connectivity index (χ0n) is 11.2. The number of phenols is 1. The Morgan fingerprint density at radius 2 is 1.62 bits per heavy atom. The first kappa shape index (κ1) is 20.0. The molecule has 0 spiro atoms. The number of hydrogen-bond donors (Lipinski definition) is 1. The van der Waals surface area contributed by atoms with Gasteiger partial charge in [-0.15, -0.1) is 0 Å². The van der Waals surface area contributed by atoms with E-state index in [0.717, 1.165) is 12.1 Å². The van der Waals surface area contributed by atoms with E-state index in [0.29, 0.717) is 12.1 Å². The second-order valence-corrected chi connectivity index (χ2v) is 5.87. The van der Waals surface area contributed by atoms with Crippen LogP contribution in [0.3, 0.4) is 0 Å². The highest BCUT2D eigenvalue weighted by atomic mass is 32.2. The monoisotopic (exact) mass is 381 g/mol. The van der Waals surface area contributed by atoms with E-state index in [-0.39, 0.29) is 0 Å². The van der Waals surface area contributed by atoms with Crippen molar-refractivity contribution in [1.82, 2.24) is 0 Å². The van der Waals surface area contributed by atoms with Crippen LogP contribution in [0.25, 0.3) is 0 Å². The number of carbonyl (C=O) groups excluding carboxylic acids is 1. The number of aromatic hydroxyl groups is 1. The van der Waals surface area contributed by atoms with Crippen LogP contribution in [0.4, 0.5) is 26.3 Å². The minimum atomic E-state index is -6.45. The molecular formula is C11H7F6O6S-. The Bertz CT molecular complexity index is 709. The lowest BCUT2D eigenvalue weighted by Gasteiger charge is -2.36. The van der Waals surface area contributed by atoms with E-state index in [1.54, 1.807) is 0 Å². The number of halogens is 6. The Morgan fingerprint density at radius 3 is 2.00 bits per heavy atom. The van der Waals surface area contributed by atoms with Gasteiger partial charge >= 0.3 is 23.9 Å². The molecular weight excluding hydrogens is 374 g/mol. The standard InChI is InChI=1S/C11H8F6O6S/c12-10(13,14)9(11(15,16)17,5-24(20,21)22)23-8(19)6-2-1-3-7(18)4-6/h1-4,18H,5H2,(H,20,21,22)/p-1. The summed E-state index contributed by atoms with van der Waals surface area (Å²) in [6.45, 7) is 0. The quantitative estimate of drug-likeness (QED) is 0.486. The van der Waals surface area contributed by atoms with Crippen LogP contribution in [0.15, 0.2) is 24.3 Å². The Kier molecular flexibility index (Phi) is 5.11. The van der Waals surface area contributed by atoms with Gasteiger partial charge in [-0.3, -0.25) is 0 Å². The average Bonchev–Trinajstić information content (AvgIpc) is 2.33. The summed E-state index contributed by atoms with van der Waals surface area (Å²) in [5, 5.41) is 9.07. The fourth-order valence-corrected chi connectivity index (χ4v) is 2.45. The smallest absolute Gasteiger partial charge is 0.438 e. The first-order valence-electron chi connectivity index (χ1n) is 5.68. The molecule has 0 radical (unpaired) electrons. The van der Waals surface area contributed by atoms with Gasteiger partial charge in [-0.1, -0.05) is 6.07 Å². The third-order valence-corrected chi connectivity index (χ3v) is 3.40. The molecule has 0 fully saturated rings. The average molecular weight is 381 g/mol. The summed E-state index contributed by atoms with van der Waals surface area (Å²) in [7, 11) is -6.10. The fourth-order valence-electron chi connectivity index (χ4n) is 1.57. The second kappa shape index (κ2) is 6.12. The normalized spacial score (nSPS) is 13.6. The van der Waals surface area contributed by atoms with Gasteiger partial charge in [0.15, 0.2) is 0 Å². The summed E-state index contributed by atoms with van der Waals surface area (Å²) in [5.74, 6) is -5.99. The third-order valence-electron chi connectivity index (χ3n) is 2.64. The van der Waals surface area contributed by atoms with Crippen molar-refractivity contribution in [2.75, 3.05) is 5.75 Å². The molecule has 0 bridgehead atoms. The van der Waals surface area contributed by atoms with E-state index in [9.17, 15) is 44.1 Å². The van der Waals surface area contributed by atoms with Crippen molar-refractivity contribution < 1.29 is 54.0 Å². The summed E-state index contributed by atoms with van der Waals surface area (Å²) >= 11 is 0. The molecule has 1 N–H and O–H groups in total. The van der Waals surface area contributed by atoms with Crippen LogP contribution in [-0.2, 0) is 14.9 Å². The zero-order chi connectivity index (χ0) is 19.0. The van der Waals surface area contributed by atoms with E-state index in [1.807, 2.05) is 0 Å². The maximum atomic E-state index is 12.9. The van der Waals surface area contributed by atoms with Crippen molar-refractivity contribution in [2.24, 2.45) is 0 Å². The molecule has 13 heteroatoms. The molecule has 0 aliphatic rings. The molecule has 0 unspecified atom stereocenters. The highest BCUT2D eigenvalue weighted by Crippen LogP contribution is 2.47. The van der Waals surface area contributed by atoms with Crippen molar-refractivity contribution >= 4 is 16.1 Å². The second-order valence-electron chi connectivity index (χ2n) is 4.46. The summed E-state index contributed by atoms with van der Waals surface area (Å²) in [5.41, 5.74) is -6.47. The van der Waals surface area contributed by atoms with E-state index in [1.165, 1.54) is 0 Å². The number of carbonyl (C=O) groups is 1. The lowest BCUT2D eigenvalue weighted by molar-refractivity contribution is -0.356. The molecule has 1 aromatic carbocycles. The number of esters is 1. The highest BCUT2D eigenvalue weighted by molar-refractivity contribution is 7.85. The molecule has 1 rings (SSSR count).